The van der Waals surface area contributed by atoms with Crippen LogP contribution < -0.4 is 0 Å². The number of carboxylic acid groups (broad SMARTS) is 1. The van der Waals surface area contributed by atoms with Gasteiger partial charge in [0.1, 0.15) is 0 Å². The summed E-state index contributed by atoms with van der Waals surface area (Å²) in [6, 6.07) is -0.180. The molecular weight excluding hydrogens is 268 g/mol. The Balaban J connectivity index is 2.27. The fraction of sp³-hybridized carbons (Fsp3) is 0.867. The lowest BCUT2D eigenvalue weighted by atomic mass is 9.86. The third-order valence-corrected chi connectivity index (χ3v) is 4.32. The van der Waals surface area contributed by atoms with Crippen LogP contribution in [0.5, 0.6) is 0 Å². The molecule has 1 heterocycles. The number of hydrogen-bond acceptors (Lipinski definition) is 4. The zero-order valence-electron chi connectivity index (χ0n) is 13.4. The van der Waals surface area contributed by atoms with Gasteiger partial charge in [0.2, 0.25) is 0 Å². The molecule has 6 nitrogen and oxygen atoms in total. The molecule has 118 valence electrons. The van der Waals surface area contributed by atoms with Gasteiger partial charge in [0, 0.05) is 5.92 Å². The quantitative estimate of drug-likeness (QED) is 0.902. The first-order valence-corrected chi connectivity index (χ1v) is 7.77. The van der Waals surface area contributed by atoms with Gasteiger partial charge in [-0.2, -0.15) is 0 Å². The molecule has 0 aromatic carbocycles. The molecule has 0 radical (unpaired) electrons. The molecule has 3 unspecified atom stereocenters. The van der Waals surface area contributed by atoms with E-state index < -0.39 is 5.97 Å². The Bertz CT molecular complexity index is 492. The van der Waals surface area contributed by atoms with Gasteiger partial charge in [-0.05, 0) is 41.0 Å². The summed E-state index contributed by atoms with van der Waals surface area (Å²) in [5.41, 5.74) is 0.0324. The molecule has 0 spiro atoms. The van der Waals surface area contributed by atoms with Gasteiger partial charge >= 0.3 is 5.97 Å². The second-order valence-corrected chi connectivity index (χ2v) is 7.51. The van der Waals surface area contributed by atoms with Gasteiger partial charge in [-0.3, -0.25) is 4.79 Å². The van der Waals surface area contributed by atoms with Crippen LogP contribution in [0.15, 0.2) is 0 Å². The summed E-state index contributed by atoms with van der Waals surface area (Å²) in [5.74, 6) is 0.992. The number of aliphatic carboxylic acids is 1. The van der Waals surface area contributed by atoms with Crippen molar-refractivity contribution in [1.29, 1.82) is 0 Å². The highest BCUT2D eigenvalue weighted by atomic mass is 16.4. The monoisotopic (exact) mass is 294 g/mol. The molecule has 1 fully saturated rings. The highest BCUT2D eigenvalue weighted by Gasteiger charge is 2.33. The van der Waals surface area contributed by atoms with Crippen LogP contribution in [0.4, 0.5) is 0 Å². The van der Waals surface area contributed by atoms with E-state index in [4.69, 9.17) is 0 Å². The highest BCUT2D eigenvalue weighted by molar-refractivity contribution is 5.67. The topological polar surface area (TPSA) is 80.9 Å². The number of tetrazole rings is 1. The lowest BCUT2D eigenvalue weighted by Gasteiger charge is -2.27. The molecule has 1 aliphatic carbocycles. The van der Waals surface area contributed by atoms with Gasteiger partial charge in [-0.15, -0.1) is 5.10 Å². The van der Waals surface area contributed by atoms with Gasteiger partial charge in [0.15, 0.2) is 5.82 Å². The van der Waals surface area contributed by atoms with Gasteiger partial charge in [-0.1, -0.05) is 34.1 Å². The van der Waals surface area contributed by atoms with Crippen molar-refractivity contribution >= 4 is 5.97 Å². The van der Waals surface area contributed by atoms with E-state index in [1.807, 2.05) is 0 Å². The summed E-state index contributed by atoms with van der Waals surface area (Å²) in [4.78, 5) is 11.2. The SMILES string of the molecule is CC1CCCC1c1nnnn1C(CC(=O)O)CC(C)(C)C. The Morgan fingerprint density at radius 3 is 2.67 bits per heavy atom. The zero-order chi connectivity index (χ0) is 15.6. The number of nitrogens with zero attached hydrogens (tertiary/aromatic N) is 4. The Labute approximate surface area is 125 Å². The molecule has 21 heavy (non-hydrogen) atoms. The second kappa shape index (κ2) is 6.12. The summed E-state index contributed by atoms with van der Waals surface area (Å²) in [6.45, 7) is 8.57. The van der Waals surface area contributed by atoms with Crippen LogP contribution in [-0.4, -0.2) is 31.3 Å². The van der Waals surface area contributed by atoms with Crippen LogP contribution >= 0.6 is 0 Å². The third kappa shape index (κ3) is 4.02. The number of hydrogen-bond donors (Lipinski definition) is 1. The summed E-state index contributed by atoms with van der Waals surface area (Å²) in [6.07, 6.45) is 4.30. The normalized spacial score (nSPS) is 24.2. The first kappa shape index (κ1) is 15.9. The molecule has 1 aromatic heterocycles. The minimum atomic E-state index is -0.801. The predicted molar refractivity (Wildman–Crippen MR) is 78.9 cm³/mol. The van der Waals surface area contributed by atoms with E-state index in [1.54, 1.807) is 4.68 Å². The Morgan fingerprint density at radius 2 is 2.14 bits per heavy atom. The van der Waals surface area contributed by atoms with E-state index >= 15 is 0 Å². The number of carboxylic acids is 1. The van der Waals surface area contributed by atoms with E-state index in [-0.39, 0.29) is 17.9 Å². The van der Waals surface area contributed by atoms with Gasteiger partial charge < -0.3 is 5.11 Å². The van der Waals surface area contributed by atoms with Crippen LogP contribution in [0, 0.1) is 11.3 Å². The van der Waals surface area contributed by atoms with Gasteiger partial charge in [0.05, 0.1) is 12.5 Å². The molecule has 6 heteroatoms. The largest absolute Gasteiger partial charge is 0.481 e. The van der Waals surface area contributed by atoms with Gasteiger partial charge in [-0.25, -0.2) is 4.68 Å². The van der Waals surface area contributed by atoms with Crippen LogP contribution in [-0.2, 0) is 4.79 Å². The number of rotatable bonds is 5. The van der Waals surface area contributed by atoms with Crippen LogP contribution in [0.25, 0.3) is 0 Å². The van der Waals surface area contributed by atoms with Crippen molar-refractivity contribution in [1.82, 2.24) is 20.2 Å². The van der Waals surface area contributed by atoms with Crippen molar-refractivity contribution in [3.05, 3.63) is 5.82 Å². The Morgan fingerprint density at radius 1 is 1.43 bits per heavy atom. The average Bonchev–Trinajstić information content (AvgIpc) is 2.93. The average molecular weight is 294 g/mol. The summed E-state index contributed by atoms with van der Waals surface area (Å²) >= 11 is 0. The molecule has 0 amide bonds. The van der Waals surface area contributed by atoms with E-state index in [9.17, 15) is 9.90 Å². The molecule has 0 saturated heterocycles. The van der Waals surface area contributed by atoms with Crippen molar-refractivity contribution in [3.8, 4) is 0 Å². The summed E-state index contributed by atoms with van der Waals surface area (Å²) < 4.78 is 1.78. The first-order valence-electron chi connectivity index (χ1n) is 7.77. The van der Waals surface area contributed by atoms with E-state index in [0.717, 1.165) is 18.7 Å². The molecule has 0 bridgehead atoms. The zero-order valence-corrected chi connectivity index (χ0v) is 13.4. The molecule has 1 N–H and O–H groups in total. The molecule has 1 aromatic rings. The minimum Gasteiger partial charge on any atom is -0.481 e. The smallest absolute Gasteiger partial charge is 0.305 e. The third-order valence-electron chi connectivity index (χ3n) is 4.32. The van der Waals surface area contributed by atoms with Crippen molar-refractivity contribution in [2.45, 2.75) is 71.8 Å². The summed E-state index contributed by atoms with van der Waals surface area (Å²) in [5, 5.41) is 21.4. The maximum Gasteiger partial charge on any atom is 0.305 e. The number of carbonyl (C=O) groups is 1. The molecule has 1 aliphatic rings. The Kier molecular flexibility index (Phi) is 4.64. The van der Waals surface area contributed by atoms with Crippen LogP contribution in [0.2, 0.25) is 0 Å². The standard InChI is InChI=1S/C15H26N4O2/c1-10-6-5-7-12(10)14-16-17-18-19(14)11(8-13(20)21)9-15(2,3)4/h10-12H,5-9H2,1-4H3,(H,20,21). The fourth-order valence-electron chi connectivity index (χ4n) is 3.39. The highest BCUT2D eigenvalue weighted by Crippen LogP contribution is 2.40. The fourth-order valence-corrected chi connectivity index (χ4v) is 3.39. The molecule has 2 rings (SSSR count). The maximum atomic E-state index is 11.2. The van der Waals surface area contributed by atoms with Crippen molar-refractivity contribution in [2.75, 3.05) is 0 Å². The lowest BCUT2D eigenvalue weighted by Crippen LogP contribution is -2.24. The summed E-state index contributed by atoms with van der Waals surface area (Å²) in [7, 11) is 0. The van der Waals surface area contributed by atoms with Crippen molar-refractivity contribution < 1.29 is 9.90 Å². The van der Waals surface area contributed by atoms with Crippen molar-refractivity contribution in [2.24, 2.45) is 11.3 Å². The predicted octanol–water partition coefficient (Wildman–Crippen LogP) is 3.03. The van der Waals surface area contributed by atoms with E-state index in [1.165, 1.54) is 12.8 Å². The Hall–Kier alpha value is -1.46. The second-order valence-electron chi connectivity index (χ2n) is 7.51. The van der Waals surface area contributed by atoms with Crippen molar-refractivity contribution in [3.63, 3.8) is 0 Å². The van der Waals surface area contributed by atoms with Crippen LogP contribution in [0.3, 0.4) is 0 Å². The lowest BCUT2D eigenvalue weighted by molar-refractivity contribution is -0.138. The molecular formula is C15H26N4O2. The molecule has 1 saturated carbocycles. The van der Waals surface area contributed by atoms with Crippen LogP contribution in [0.1, 0.15) is 77.6 Å². The van der Waals surface area contributed by atoms with Gasteiger partial charge in [0.25, 0.3) is 0 Å². The maximum absolute atomic E-state index is 11.2. The molecule has 3 atom stereocenters. The number of aromatic nitrogens is 4. The minimum absolute atomic E-state index is 0.0324. The van der Waals surface area contributed by atoms with E-state index in [2.05, 4.69) is 43.2 Å². The van der Waals surface area contributed by atoms with E-state index in [0.29, 0.717) is 11.8 Å². The first-order chi connectivity index (χ1) is 9.78. The molecule has 0 aliphatic heterocycles.